The number of amides is 2. The second kappa shape index (κ2) is 6.00. The van der Waals surface area contributed by atoms with Gasteiger partial charge in [0.05, 0.1) is 6.07 Å². The summed E-state index contributed by atoms with van der Waals surface area (Å²) in [5.41, 5.74) is 0. The van der Waals surface area contributed by atoms with Crippen molar-refractivity contribution in [3.8, 4) is 6.07 Å². The summed E-state index contributed by atoms with van der Waals surface area (Å²) >= 11 is 0. The summed E-state index contributed by atoms with van der Waals surface area (Å²) in [5.74, 6) is -2.38. The van der Waals surface area contributed by atoms with Crippen molar-refractivity contribution in [1.29, 1.82) is 5.26 Å². The fourth-order valence-electron chi connectivity index (χ4n) is 1.71. The van der Waals surface area contributed by atoms with Crippen molar-refractivity contribution in [3.63, 3.8) is 0 Å². The topological polar surface area (TPSA) is 119 Å². The van der Waals surface area contributed by atoms with Crippen LogP contribution in [0.1, 0.15) is 26.2 Å². The Bertz CT molecular complexity index is 402. The summed E-state index contributed by atoms with van der Waals surface area (Å²) in [5, 5.41) is 22.4. The van der Waals surface area contributed by atoms with Gasteiger partial charge in [-0.3, -0.25) is 9.59 Å². The monoisotopic (exact) mass is 253 g/mol. The molecule has 18 heavy (non-hydrogen) atoms. The molecule has 1 fully saturated rings. The SMILES string of the molecule is C[C@@H](C#N)C[C@@H](NC(=O)[C@@H]1CCC(=O)N1)C(=O)O. The zero-order chi connectivity index (χ0) is 13.7. The molecule has 0 aromatic heterocycles. The van der Waals surface area contributed by atoms with Gasteiger partial charge in [0.15, 0.2) is 0 Å². The van der Waals surface area contributed by atoms with Crippen molar-refractivity contribution in [1.82, 2.24) is 10.6 Å². The predicted molar refractivity (Wildman–Crippen MR) is 60.1 cm³/mol. The summed E-state index contributed by atoms with van der Waals surface area (Å²) in [4.78, 5) is 33.6. The molecular weight excluding hydrogens is 238 g/mol. The van der Waals surface area contributed by atoms with Gasteiger partial charge in [0.25, 0.3) is 0 Å². The number of aliphatic carboxylic acids is 1. The molecule has 1 heterocycles. The third kappa shape index (κ3) is 3.73. The first-order valence-electron chi connectivity index (χ1n) is 5.66. The number of carboxylic acids is 1. The first kappa shape index (κ1) is 14.0. The summed E-state index contributed by atoms with van der Waals surface area (Å²) in [6.45, 7) is 1.58. The van der Waals surface area contributed by atoms with Gasteiger partial charge in [-0.15, -0.1) is 0 Å². The Morgan fingerprint density at radius 3 is 2.78 bits per heavy atom. The van der Waals surface area contributed by atoms with E-state index in [0.29, 0.717) is 6.42 Å². The van der Waals surface area contributed by atoms with Crippen LogP contribution in [0, 0.1) is 17.2 Å². The maximum absolute atomic E-state index is 11.7. The molecule has 2 amide bonds. The van der Waals surface area contributed by atoms with E-state index in [1.54, 1.807) is 6.92 Å². The molecule has 0 spiro atoms. The average molecular weight is 253 g/mol. The molecule has 1 aliphatic rings. The predicted octanol–water partition coefficient (Wildman–Crippen LogP) is -0.616. The van der Waals surface area contributed by atoms with Crippen LogP contribution in [-0.4, -0.2) is 35.0 Å². The summed E-state index contributed by atoms with van der Waals surface area (Å²) in [7, 11) is 0. The Morgan fingerprint density at radius 1 is 1.67 bits per heavy atom. The smallest absolute Gasteiger partial charge is 0.326 e. The highest BCUT2D eigenvalue weighted by Gasteiger charge is 2.30. The Kier molecular flexibility index (Phi) is 4.66. The van der Waals surface area contributed by atoms with Crippen LogP contribution in [0.4, 0.5) is 0 Å². The third-order valence-electron chi connectivity index (χ3n) is 2.74. The van der Waals surface area contributed by atoms with Crippen LogP contribution in [0.15, 0.2) is 0 Å². The van der Waals surface area contributed by atoms with Gasteiger partial charge < -0.3 is 15.7 Å². The largest absolute Gasteiger partial charge is 0.480 e. The summed E-state index contributed by atoms with van der Waals surface area (Å²) in [6.07, 6.45) is 0.674. The van der Waals surface area contributed by atoms with Gasteiger partial charge in [0.2, 0.25) is 11.8 Å². The molecule has 7 heteroatoms. The molecule has 0 aromatic rings. The molecular formula is C11H15N3O4. The van der Waals surface area contributed by atoms with Crippen LogP contribution in [0.3, 0.4) is 0 Å². The van der Waals surface area contributed by atoms with Gasteiger partial charge in [-0.25, -0.2) is 4.79 Å². The van der Waals surface area contributed by atoms with Crippen LogP contribution >= 0.6 is 0 Å². The number of hydrogen-bond acceptors (Lipinski definition) is 4. The fraction of sp³-hybridized carbons (Fsp3) is 0.636. The molecule has 98 valence electrons. The van der Waals surface area contributed by atoms with E-state index in [2.05, 4.69) is 10.6 Å². The number of carboxylic acid groups (broad SMARTS) is 1. The molecule has 3 atom stereocenters. The minimum atomic E-state index is -1.19. The standard InChI is InChI=1S/C11H15N3O4/c1-6(5-12)4-8(11(17)18)14-10(16)7-2-3-9(15)13-7/h6-8H,2-4H2,1H3,(H,13,15)(H,14,16)(H,17,18)/t6-,7+,8-/m1/s1. The highest BCUT2D eigenvalue weighted by Crippen LogP contribution is 2.09. The molecule has 0 radical (unpaired) electrons. The normalized spacial score (nSPS) is 21.6. The van der Waals surface area contributed by atoms with Crippen molar-refractivity contribution in [3.05, 3.63) is 0 Å². The van der Waals surface area contributed by atoms with E-state index >= 15 is 0 Å². The molecule has 1 rings (SSSR count). The number of nitriles is 1. The van der Waals surface area contributed by atoms with Gasteiger partial charge in [-0.1, -0.05) is 0 Å². The second-order valence-electron chi connectivity index (χ2n) is 4.32. The Balaban J connectivity index is 2.56. The Hall–Kier alpha value is -2.10. The maximum atomic E-state index is 11.7. The van der Waals surface area contributed by atoms with Gasteiger partial charge in [-0.2, -0.15) is 5.26 Å². The van der Waals surface area contributed by atoms with Crippen molar-refractivity contribution >= 4 is 17.8 Å². The van der Waals surface area contributed by atoms with Gasteiger partial charge in [0, 0.05) is 12.3 Å². The first-order valence-corrected chi connectivity index (χ1v) is 5.66. The van der Waals surface area contributed by atoms with E-state index in [1.807, 2.05) is 6.07 Å². The van der Waals surface area contributed by atoms with Crippen molar-refractivity contribution < 1.29 is 19.5 Å². The maximum Gasteiger partial charge on any atom is 0.326 e. The minimum Gasteiger partial charge on any atom is -0.480 e. The van der Waals surface area contributed by atoms with E-state index in [-0.39, 0.29) is 18.7 Å². The number of hydrogen-bond donors (Lipinski definition) is 3. The lowest BCUT2D eigenvalue weighted by Gasteiger charge is -2.18. The highest BCUT2D eigenvalue weighted by atomic mass is 16.4. The van der Waals surface area contributed by atoms with Gasteiger partial charge in [-0.05, 0) is 19.8 Å². The van der Waals surface area contributed by atoms with Crippen molar-refractivity contribution in [2.45, 2.75) is 38.3 Å². The van der Waals surface area contributed by atoms with Crippen LogP contribution in [0.25, 0.3) is 0 Å². The molecule has 1 saturated heterocycles. The molecule has 0 saturated carbocycles. The van der Waals surface area contributed by atoms with E-state index in [1.165, 1.54) is 0 Å². The van der Waals surface area contributed by atoms with E-state index in [9.17, 15) is 14.4 Å². The quantitative estimate of drug-likeness (QED) is 0.603. The van der Waals surface area contributed by atoms with Crippen molar-refractivity contribution in [2.75, 3.05) is 0 Å². The van der Waals surface area contributed by atoms with Crippen LogP contribution in [0.5, 0.6) is 0 Å². The van der Waals surface area contributed by atoms with Gasteiger partial charge >= 0.3 is 5.97 Å². The molecule has 0 aliphatic carbocycles. The third-order valence-corrected chi connectivity index (χ3v) is 2.74. The first-order chi connectivity index (χ1) is 8.43. The lowest BCUT2D eigenvalue weighted by Crippen LogP contribution is -2.49. The highest BCUT2D eigenvalue weighted by molar-refractivity contribution is 5.92. The van der Waals surface area contributed by atoms with E-state index in [0.717, 1.165) is 0 Å². The zero-order valence-corrected chi connectivity index (χ0v) is 9.97. The molecule has 0 aromatic carbocycles. The van der Waals surface area contributed by atoms with Crippen molar-refractivity contribution in [2.24, 2.45) is 5.92 Å². The van der Waals surface area contributed by atoms with Crippen LogP contribution < -0.4 is 10.6 Å². The molecule has 0 unspecified atom stereocenters. The average Bonchev–Trinajstić information content (AvgIpc) is 2.74. The fourth-order valence-corrected chi connectivity index (χ4v) is 1.71. The zero-order valence-electron chi connectivity index (χ0n) is 9.97. The Morgan fingerprint density at radius 2 is 2.33 bits per heavy atom. The number of rotatable bonds is 5. The summed E-state index contributed by atoms with van der Waals surface area (Å²) in [6, 6.07) is 0.139. The van der Waals surface area contributed by atoms with Gasteiger partial charge in [0.1, 0.15) is 12.1 Å². The lowest BCUT2D eigenvalue weighted by molar-refractivity contribution is -0.142. The number of nitrogens with one attached hydrogen (secondary N) is 2. The molecule has 1 aliphatic heterocycles. The minimum absolute atomic E-state index is 0.0399. The van der Waals surface area contributed by atoms with Crippen LogP contribution in [-0.2, 0) is 14.4 Å². The molecule has 0 bridgehead atoms. The number of carbonyl (C=O) groups excluding carboxylic acids is 2. The van der Waals surface area contributed by atoms with E-state index in [4.69, 9.17) is 10.4 Å². The summed E-state index contributed by atoms with van der Waals surface area (Å²) < 4.78 is 0. The van der Waals surface area contributed by atoms with E-state index < -0.39 is 29.9 Å². The molecule has 7 nitrogen and oxygen atoms in total. The number of carbonyl (C=O) groups is 3. The molecule has 3 N–H and O–H groups in total. The number of nitrogens with zero attached hydrogens (tertiary/aromatic N) is 1. The van der Waals surface area contributed by atoms with Crippen LogP contribution in [0.2, 0.25) is 0 Å². The Labute approximate surface area is 104 Å². The second-order valence-corrected chi connectivity index (χ2v) is 4.32. The lowest BCUT2D eigenvalue weighted by atomic mass is 10.0.